The van der Waals surface area contributed by atoms with E-state index in [9.17, 15) is 9.18 Å². The van der Waals surface area contributed by atoms with Crippen LogP contribution in [0.3, 0.4) is 0 Å². The van der Waals surface area contributed by atoms with E-state index < -0.39 is 0 Å². The Balaban J connectivity index is 2.56. The summed E-state index contributed by atoms with van der Waals surface area (Å²) in [5, 5.41) is 0. The zero-order chi connectivity index (χ0) is 14.0. The Bertz CT molecular complexity index is 670. The first-order valence-corrected chi connectivity index (χ1v) is 6.36. The van der Waals surface area contributed by atoms with Gasteiger partial charge in [-0.15, -0.1) is 0 Å². The third-order valence-electron chi connectivity index (χ3n) is 2.66. The van der Waals surface area contributed by atoms with Gasteiger partial charge in [0.05, 0.1) is 12.3 Å². The molecule has 1 N–H and O–H groups in total. The van der Waals surface area contributed by atoms with Crippen LogP contribution in [-0.4, -0.2) is 17.1 Å². The number of nitrogens with zero attached hydrogens (tertiary/aromatic N) is 1. The molecule has 0 aliphatic rings. The molecule has 6 heteroatoms. The third-order valence-corrected chi connectivity index (χ3v) is 3.48. The first-order valence-electron chi connectivity index (χ1n) is 5.57. The van der Waals surface area contributed by atoms with E-state index >= 15 is 0 Å². The maximum Gasteiger partial charge on any atom is 0.265 e. The predicted octanol–water partition coefficient (Wildman–Crippen LogP) is 2.79. The van der Waals surface area contributed by atoms with Crippen LogP contribution in [0.1, 0.15) is 11.3 Å². The van der Waals surface area contributed by atoms with Gasteiger partial charge < -0.3 is 9.72 Å². The molecule has 0 aliphatic heterocycles. The Kier molecular flexibility index (Phi) is 4.11. The Morgan fingerprint density at radius 1 is 1.47 bits per heavy atom. The lowest BCUT2D eigenvalue weighted by molar-refractivity contribution is 0.180. The van der Waals surface area contributed by atoms with Crippen LogP contribution < -0.4 is 5.56 Å². The number of aromatic nitrogens is 2. The maximum absolute atomic E-state index is 13.5. The number of aryl methyl sites for hydroxylation is 1. The largest absolute Gasteiger partial charge is 0.378 e. The van der Waals surface area contributed by atoms with Crippen molar-refractivity contribution in [2.75, 3.05) is 7.11 Å². The van der Waals surface area contributed by atoms with Crippen molar-refractivity contribution >= 4 is 15.9 Å². The molecule has 0 atom stereocenters. The summed E-state index contributed by atoms with van der Waals surface area (Å²) in [7, 11) is 1.51. The SMILES string of the molecule is COCc1nc(-c2ccc(C)c(F)c2)[nH]c(=O)c1Br. The summed E-state index contributed by atoms with van der Waals surface area (Å²) >= 11 is 3.15. The summed E-state index contributed by atoms with van der Waals surface area (Å²) in [6, 6.07) is 4.70. The van der Waals surface area contributed by atoms with E-state index in [1.54, 1.807) is 19.1 Å². The minimum absolute atomic E-state index is 0.200. The average Bonchev–Trinajstić information content (AvgIpc) is 2.38. The molecular formula is C13H12BrFN2O2. The Hall–Kier alpha value is -1.53. The molecule has 1 aromatic carbocycles. The molecule has 0 spiro atoms. The Morgan fingerprint density at radius 2 is 2.21 bits per heavy atom. The molecule has 1 heterocycles. The van der Waals surface area contributed by atoms with E-state index in [1.165, 1.54) is 13.2 Å². The molecule has 19 heavy (non-hydrogen) atoms. The Morgan fingerprint density at radius 3 is 2.84 bits per heavy atom. The standard InChI is InChI=1S/C13H12BrFN2O2/c1-7-3-4-8(5-9(7)15)12-16-10(6-19-2)11(14)13(18)17-12/h3-5H,6H2,1-2H3,(H,16,17,18). The molecule has 0 radical (unpaired) electrons. The molecule has 1 aromatic heterocycles. The summed E-state index contributed by atoms with van der Waals surface area (Å²) in [5.41, 5.74) is 1.21. The molecular weight excluding hydrogens is 315 g/mol. The lowest BCUT2D eigenvalue weighted by Crippen LogP contribution is -2.14. The predicted molar refractivity (Wildman–Crippen MR) is 73.4 cm³/mol. The van der Waals surface area contributed by atoms with Crippen molar-refractivity contribution in [3.8, 4) is 11.4 Å². The summed E-state index contributed by atoms with van der Waals surface area (Å²) in [4.78, 5) is 18.6. The zero-order valence-electron chi connectivity index (χ0n) is 10.5. The highest BCUT2D eigenvalue weighted by Crippen LogP contribution is 2.19. The van der Waals surface area contributed by atoms with Crippen LogP contribution in [0.25, 0.3) is 11.4 Å². The number of hydrogen-bond acceptors (Lipinski definition) is 3. The Labute approximate surface area is 117 Å². The van der Waals surface area contributed by atoms with Gasteiger partial charge in [-0.3, -0.25) is 4.79 Å². The number of H-pyrrole nitrogens is 1. The quantitative estimate of drug-likeness (QED) is 0.943. The van der Waals surface area contributed by atoms with Gasteiger partial charge in [0, 0.05) is 12.7 Å². The van der Waals surface area contributed by atoms with Gasteiger partial charge in [0.1, 0.15) is 16.1 Å². The summed E-state index contributed by atoms with van der Waals surface area (Å²) in [6.07, 6.45) is 0. The highest BCUT2D eigenvalue weighted by molar-refractivity contribution is 9.10. The van der Waals surface area contributed by atoms with Gasteiger partial charge in [-0.2, -0.15) is 0 Å². The van der Waals surface area contributed by atoms with E-state index in [2.05, 4.69) is 25.9 Å². The molecule has 0 saturated carbocycles. The minimum atomic E-state index is -0.337. The van der Waals surface area contributed by atoms with E-state index in [0.717, 1.165) is 0 Å². The molecule has 100 valence electrons. The molecule has 0 saturated heterocycles. The van der Waals surface area contributed by atoms with Crippen molar-refractivity contribution in [1.82, 2.24) is 9.97 Å². The second kappa shape index (κ2) is 5.63. The summed E-state index contributed by atoms with van der Waals surface area (Å²) in [5.74, 6) is -0.0180. The molecule has 0 unspecified atom stereocenters. The van der Waals surface area contributed by atoms with Crippen molar-refractivity contribution in [1.29, 1.82) is 0 Å². The summed E-state index contributed by atoms with van der Waals surface area (Å²) < 4.78 is 18.8. The molecule has 0 fully saturated rings. The molecule has 0 aliphatic carbocycles. The van der Waals surface area contributed by atoms with Gasteiger partial charge in [0.15, 0.2) is 0 Å². The van der Waals surface area contributed by atoms with Crippen LogP contribution in [-0.2, 0) is 11.3 Å². The van der Waals surface area contributed by atoms with E-state index in [1.807, 2.05) is 0 Å². The monoisotopic (exact) mass is 326 g/mol. The van der Waals surface area contributed by atoms with Crippen LogP contribution in [0, 0.1) is 12.7 Å². The van der Waals surface area contributed by atoms with Crippen LogP contribution in [0.15, 0.2) is 27.5 Å². The van der Waals surface area contributed by atoms with Gasteiger partial charge in [-0.05, 0) is 34.5 Å². The number of ether oxygens (including phenoxy) is 1. The first kappa shape index (κ1) is 13.9. The van der Waals surface area contributed by atoms with Crippen LogP contribution in [0.4, 0.5) is 4.39 Å². The van der Waals surface area contributed by atoms with Gasteiger partial charge in [0.25, 0.3) is 5.56 Å². The first-order chi connectivity index (χ1) is 9.02. The maximum atomic E-state index is 13.5. The van der Waals surface area contributed by atoms with E-state index in [0.29, 0.717) is 27.1 Å². The number of methoxy groups -OCH3 is 1. The van der Waals surface area contributed by atoms with Crippen LogP contribution in [0.2, 0.25) is 0 Å². The minimum Gasteiger partial charge on any atom is -0.378 e. The fourth-order valence-electron chi connectivity index (χ4n) is 1.61. The normalized spacial score (nSPS) is 10.7. The fraction of sp³-hybridized carbons (Fsp3) is 0.231. The molecule has 2 aromatic rings. The van der Waals surface area contributed by atoms with Crippen LogP contribution in [0.5, 0.6) is 0 Å². The van der Waals surface area contributed by atoms with Gasteiger partial charge in [0.2, 0.25) is 0 Å². The average molecular weight is 327 g/mol. The van der Waals surface area contributed by atoms with Gasteiger partial charge in [-0.25, -0.2) is 9.37 Å². The number of hydrogen-bond donors (Lipinski definition) is 1. The van der Waals surface area contributed by atoms with Crippen molar-refractivity contribution in [2.24, 2.45) is 0 Å². The smallest absolute Gasteiger partial charge is 0.265 e. The summed E-state index contributed by atoms with van der Waals surface area (Å²) in [6.45, 7) is 1.87. The van der Waals surface area contributed by atoms with Gasteiger partial charge >= 0.3 is 0 Å². The highest BCUT2D eigenvalue weighted by atomic mass is 79.9. The van der Waals surface area contributed by atoms with Crippen molar-refractivity contribution in [3.05, 3.63) is 50.1 Å². The number of aromatic amines is 1. The van der Waals surface area contributed by atoms with Gasteiger partial charge in [-0.1, -0.05) is 12.1 Å². The fourth-order valence-corrected chi connectivity index (χ4v) is 1.92. The van der Waals surface area contributed by atoms with Crippen molar-refractivity contribution in [3.63, 3.8) is 0 Å². The number of benzene rings is 1. The third kappa shape index (κ3) is 2.90. The lowest BCUT2D eigenvalue weighted by atomic mass is 10.1. The van der Waals surface area contributed by atoms with Crippen LogP contribution >= 0.6 is 15.9 Å². The second-order valence-electron chi connectivity index (χ2n) is 4.07. The van der Waals surface area contributed by atoms with Crippen molar-refractivity contribution < 1.29 is 9.13 Å². The number of nitrogens with one attached hydrogen (secondary N) is 1. The highest BCUT2D eigenvalue weighted by Gasteiger charge is 2.11. The number of halogens is 2. The molecule has 0 bridgehead atoms. The molecule has 4 nitrogen and oxygen atoms in total. The van der Waals surface area contributed by atoms with Crippen molar-refractivity contribution in [2.45, 2.75) is 13.5 Å². The topological polar surface area (TPSA) is 55.0 Å². The second-order valence-corrected chi connectivity index (χ2v) is 4.87. The number of rotatable bonds is 3. The molecule has 2 rings (SSSR count). The zero-order valence-corrected chi connectivity index (χ0v) is 12.0. The lowest BCUT2D eigenvalue weighted by Gasteiger charge is -2.07. The molecule has 0 amide bonds. The van der Waals surface area contributed by atoms with E-state index in [-0.39, 0.29) is 18.0 Å². The van der Waals surface area contributed by atoms with E-state index in [4.69, 9.17) is 4.74 Å².